The molecule has 0 bridgehead atoms. The standard InChI is InChI=1S/C14H11FN2.C12H11F3N2O.C5H8/c1-10-2-3-11-9-16-17(14(11)8-10)13-6-4-12(15)5-7-13;13-12(14,15)9-1-2-16-10(4-9)11(18)17-5-7-3-8(7)6-17;1-3-5-4-2/h2-9H,1H3;1-2,4,7-8H,3,5-6H2;3-5H,1H2,2H3/b;;5-4-. The van der Waals surface area contributed by atoms with Gasteiger partial charge in [-0.15, -0.1) is 0 Å². The van der Waals surface area contributed by atoms with Gasteiger partial charge >= 0.3 is 6.18 Å². The van der Waals surface area contributed by atoms with Gasteiger partial charge in [0.2, 0.25) is 0 Å². The third kappa shape index (κ3) is 7.02. The molecule has 2 aromatic carbocycles. The molecule has 0 N–H and O–H groups in total. The van der Waals surface area contributed by atoms with Crippen LogP contribution < -0.4 is 0 Å². The molecule has 9 heteroatoms. The van der Waals surface area contributed by atoms with E-state index in [1.54, 1.807) is 23.1 Å². The van der Waals surface area contributed by atoms with E-state index in [2.05, 4.69) is 28.8 Å². The smallest absolute Gasteiger partial charge is 0.337 e. The Morgan fingerprint density at radius 3 is 2.35 bits per heavy atom. The van der Waals surface area contributed by atoms with Crippen molar-refractivity contribution in [3.63, 3.8) is 0 Å². The van der Waals surface area contributed by atoms with Crippen molar-refractivity contribution in [3.8, 4) is 5.69 Å². The van der Waals surface area contributed by atoms with E-state index < -0.39 is 17.6 Å². The Hall–Kier alpha value is -4.27. The van der Waals surface area contributed by atoms with Gasteiger partial charge in [0, 0.05) is 24.7 Å². The lowest BCUT2D eigenvalue weighted by atomic mass is 10.2. The number of benzene rings is 2. The number of halogens is 4. The van der Waals surface area contributed by atoms with Crippen molar-refractivity contribution in [2.24, 2.45) is 11.8 Å². The summed E-state index contributed by atoms with van der Waals surface area (Å²) in [4.78, 5) is 17.3. The van der Waals surface area contributed by atoms with E-state index in [1.165, 1.54) is 17.7 Å². The van der Waals surface area contributed by atoms with Gasteiger partial charge in [0.1, 0.15) is 11.5 Å². The van der Waals surface area contributed by atoms with Crippen LogP contribution >= 0.6 is 0 Å². The molecule has 40 heavy (non-hydrogen) atoms. The first kappa shape index (κ1) is 28.7. The number of alkyl halides is 3. The van der Waals surface area contributed by atoms with Crippen LogP contribution in [-0.2, 0) is 6.18 Å². The summed E-state index contributed by atoms with van der Waals surface area (Å²) < 4.78 is 52.3. The Labute approximate surface area is 230 Å². The van der Waals surface area contributed by atoms with Crippen molar-refractivity contribution in [1.29, 1.82) is 0 Å². The second-order valence-electron chi connectivity index (χ2n) is 9.75. The van der Waals surface area contributed by atoms with E-state index in [9.17, 15) is 22.4 Å². The molecule has 0 spiro atoms. The van der Waals surface area contributed by atoms with E-state index in [0.29, 0.717) is 24.9 Å². The number of hydrogen-bond donors (Lipinski definition) is 0. The predicted octanol–water partition coefficient (Wildman–Crippen LogP) is 7.41. The van der Waals surface area contributed by atoms with Crippen LogP contribution in [0.2, 0.25) is 0 Å². The second-order valence-corrected chi connectivity index (χ2v) is 9.75. The number of nitrogens with zero attached hydrogens (tertiary/aromatic N) is 4. The fourth-order valence-electron chi connectivity index (χ4n) is 4.50. The molecule has 6 rings (SSSR count). The Kier molecular flexibility index (Phi) is 8.82. The summed E-state index contributed by atoms with van der Waals surface area (Å²) in [5.41, 5.74) is 2.14. The number of pyridine rings is 1. The van der Waals surface area contributed by atoms with E-state index in [1.807, 2.05) is 42.9 Å². The first-order valence-electron chi connectivity index (χ1n) is 12.9. The van der Waals surface area contributed by atoms with Crippen LogP contribution in [0.5, 0.6) is 0 Å². The van der Waals surface area contributed by atoms with Crippen molar-refractivity contribution < 1.29 is 22.4 Å². The lowest BCUT2D eigenvalue weighted by molar-refractivity contribution is -0.137. The minimum absolute atomic E-state index is 0.119. The maximum atomic E-state index is 12.9. The molecule has 1 saturated carbocycles. The summed E-state index contributed by atoms with van der Waals surface area (Å²) >= 11 is 0. The van der Waals surface area contributed by atoms with Crippen molar-refractivity contribution in [1.82, 2.24) is 19.7 Å². The molecule has 3 heterocycles. The van der Waals surface area contributed by atoms with Gasteiger partial charge in [-0.05, 0) is 80.1 Å². The van der Waals surface area contributed by atoms with Crippen molar-refractivity contribution >= 4 is 16.8 Å². The van der Waals surface area contributed by atoms with Crippen molar-refractivity contribution in [3.05, 3.63) is 114 Å². The number of fused-ring (bicyclic) bond motifs is 2. The summed E-state index contributed by atoms with van der Waals surface area (Å²) in [6.45, 7) is 8.78. The highest BCUT2D eigenvalue weighted by atomic mass is 19.4. The van der Waals surface area contributed by atoms with Crippen LogP contribution in [0.15, 0.2) is 91.8 Å². The summed E-state index contributed by atoms with van der Waals surface area (Å²) in [6.07, 6.45) is 5.13. The van der Waals surface area contributed by atoms with Crippen molar-refractivity contribution in [2.45, 2.75) is 26.4 Å². The third-order valence-corrected chi connectivity index (χ3v) is 6.70. The number of hydrogen-bond acceptors (Lipinski definition) is 3. The summed E-state index contributed by atoms with van der Waals surface area (Å²) in [5.74, 6) is 0.481. The molecule has 0 radical (unpaired) electrons. The number of likely N-dealkylation sites (tertiary alicyclic amines) is 1. The summed E-state index contributed by atoms with van der Waals surface area (Å²) in [6, 6.07) is 14.2. The highest BCUT2D eigenvalue weighted by Crippen LogP contribution is 2.45. The van der Waals surface area contributed by atoms with Gasteiger partial charge < -0.3 is 4.90 Å². The van der Waals surface area contributed by atoms with E-state index >= 15 is 0 Å². The summed E-state index contributed by atoms with van der Waals surface area (Å²) in [5, 5.41) is 5.41. The zero-order valence-corrected chi connectivity index (χ0v) is 22.3. The monoisotopic (exact) mass is 550 g/mol. The normalized spacial score (nSPS) is 17.5. The van der Waals surface area contributed by atoms with Gasteiger partial charge in [-0.25, -0.2) is 9.07 Å². The van der Waals surface area contributed by atoms with Crippen LogP contribution in [-0.4, -0.2) is 38.7 Å². The van der Waals surface area contributed by atoms with E-state index in [-0.39, 0.29) is 11.5 Å². The number of aromatic nitrogens is 3. The van der Waals surface area contributed by atoms with Gasteiger partial charge in [-0.3, -0.25) is 9.78 Å². The minimum atomic E-state index is -4.44. The average molecular weight is 551 g/mol. The Morgan fingerprint density at radius 1 is 1.05 bits per heavy atom. The highest BCUT2D eigenvalue weighted by Gasteiger charge is 2.47. The zero-order chi connectivity index (χ0) is 28.9. The lowest BCUT2D eigenvalue weighted by Gasteiger charge is -2.17. The first-order valence-corrected chi connectivity index (χ1v) is 12.9. The van der Waals surface area contributed by atoms with E-state index in [0.717, 1.165) is 41.3 Å². The fraction of sp³-hybridized carbons (Fsp3) is 0.258. The maximum Gasteiger partial charge on any atom is 0.416 e. The highest BCUT2D eigenvalue weighted by molar-refractivity contribution is 5.92. The van der Waals surface area contributed by atoms with E-state index in [4.69, 9.17) is 0 Å². The lowest BCUT2D eigenvalue weighted by Crippen LogP contribution is -2.31. The number of piperidine rings is 1. The largest absolute Gasteiger partial charge is 0.416 e. The number of carbonyl (C=O) groups excluding carboxylic acids is 1. The van der Waals surface area contributed by atoms with Crippen LogP contribution in [0, 0.1) is 24.6 Å². The SMILES string of the molecule is C=C/C=C\C.Cc1ccc2cnn(-c3ccc(F)cc3)c2c1.O=C(c1cc(C(F)(F)F)ccn1)N1CC2CC2C1. The molecule has 2 aromatic heterocycles. The van der Waals surface area contributed by atoms with Gasteiger partial charge in [0.25, 0.3) is 5.91 Å². The number of rotatable bonds is 3. The Balaban J connectivity index is 0.000000159. The molecule has 2 unspecified atom stereocenters. The van der Waals surface area contributed by atoms with Crippen molar-refractivity contribution in [2.75, 3.05) is 13.1 Å². The van der Waals surface area contributed by atoms with Gasteiger partial charge in [-0.2, -0.15) is 18.3 Å². The van der Waals surface area contributed by atoms with Gasteiger partial charge in [-0.1, -0.05) is 36.9 Å². The molecule has 208 valence electrons. The van der Waals surface area contributed by atoms with Crippen LogP contribution in [0.1, 0.15) is 35.0 Å². The van der Waals surface area contributed by atoms with Gasteiger partial charge in [0.15, 0.2) is 0 Å². The Bertz CT molecular complexity index is 1500. The second kappa shape index (κ2) is 12.3. The molecule has 1 amide bonds. The number of allylic oxidation sites excluding steroid dienone is 3. The third-order valence-electron chi connectivity index (χ3n) is 6.70. The van der Waals surface area contributed by atoms with Crippen LogP contribution in [0.4, 0.5) is 17.6 Å². The minimum Gasteiger partial charge on any atom is -0.337 e. The molecular formula is C31H30F4N4O. The molecule has 5 nitrogen and oxygen atoms in total. The van der Waals surface area contributed by atoms with Gasteiger partial charge in [0.05, 0.1) is 23.0 Å². The topological polar surface area (TPSA) is 51.0 Å². The van der Waals surface area contributed by atoms with Crippen LogP contribution in [0.25, 0.3) is 16.6 Å². The summed E-state index contributed by atoms with van der Waals surface area (Å²) in [7, 11) is 0. The Morgan fingerprint density at radius 2 is 1.75 bits per heavy atom. The quantitative estimate of drug-likeness (QED) is 0.197. The molecule has 1 aliphatic carbocycles. The fourth-order valence-corrected chi connectivity index (χ4v) is 4.50. The molecule has 4 aromatic rings. The average Bonchev–Trinajstić information content (AvgIpc) is 3.33. The molecule has 2 fully saturated rings. The number of aryl methyl sites for hydroxylation is 1. The first-order chi connectivity index (χ1) is 19.1. The zero-order valence-electron chi connectivity index (χ0n) is 22.3. The molecule has 1 saturated heterocycles. The number of carbonyl (C=O) groups is 1. The molecule has 2 aliphatic rings. The maximum absolute atomic E-state index is 12.9. The predicted molar refractivity (Wildman–Crippen MR) is 148 cm³/mol. The van der Waals surface area contributed by atoms with Crippen LogP contribution in [0.3, 0.4) is 0 Å². The molecule has 1 aliphatic heterocycles. The number of amides is 1. The molecule has 2 atom stereocenters. The molecular weight excluding hydrogens is 520 g/mol.